The molecule has 0 aliphatic carbocycles. The number of primary amides is 1. The third-order valence-electron chi connectivity index (χ3n) is 5.00. The normalized spacial score (nSPS) is 13.5. The van der Waals surface area contributed by atoms with Crippen LogP contribution in [-0.4, -0.2) is 70.1 Å². The monoisotopic (exact) mass is 492 g/mol. The Kier molecular flexibility index (Phi) is 9.89. The van der Waals surface area contributed by atoms with E-state index in [0.29, 0.717) is 5.56 Å². The SMILES string of the molecule is NC(=O)CCC(NC(=O)C(N)CS)C(=O)NCC(=O)NC(Cc1c[nH]c2ccccc12)C(=O)O. The zero-order chi connectivity index (χ0) is 25.3. The first-order valence-corrected chi connectivity index (χ1v) is 11.1. The third-order valence-corrected chi connectivity index (χ3v) is 5.39. The average molecular weight is 493 g/mol. The summed E-state index contributed by atoms with van der Waals surface area (Å²) in [6, 6.07) is 3.97. The molecule has 12 nitrogen and oxygen atoms in total. The highest BCUT2D eigenvalue weighted by Crippen LogP contribution is 2.19. The Hall–Kier alpha value is -3.58. The van der Waals surface area contributed by atoms with E-state index in [1.54, 1.807) is 6.20 Å². The van der Waals surface area contributed by atoms with Crippen molar-refractivity contribution in [3.8, 4) is 0 Å². The van der Waals surface area contributed by atoms with E-state index < -0.39 is 54.3 Å². The zero-order valence-electron chi connectivity index (χ0n) is 18.2. The molecule has 2 aromatic rings. The van der Waals surface area contributed by atoms with Crippen LogP contribution in [0.2, 0.25) is 0 Å². The highest BCUT2D eigenvalue weighted by atomic mass is 32.1. The molecule has 3 atom stereocenters. The fourth-order valence-electron chi connectivity index (χ4n) is 3.17. The van der Waals surface area contributed by atoms with Crippen LogP contribution in [0.1, 0.15) is 18.4 Å². The van der Waals surface area contributed by atoms with Gasteiger partial charge in [-0.1, -0.05) is 18.2 Å². The number of carboxylic acids is 1. The van der Waals surface area contributed by atoms with Crippen LogP contribution in [-0.2, 0) is 30.4 Å². The maximum absolute atomic E-state index is 12.5. The number of nitrogens with one attached hydrogen (secondary N) is 4. The summed E-state index contributed by atoms with van der Waals surface area (Å²) in [4.78, 5) is 62.6. The summed E-state index contributed by atoms with van der Waals surface area (Å²) in [6.45, 7) is -0.544. The molecule has 0 radical (unpaired) electrons. The predicted molar refractivity (Wildman–Crippen MR) is 127 cm³/mol. The number of thiol groups is 1. The van der Waals surface area contributed by atoms with E-state index in [0.717, 1.165) is 10.9 Å². The molecule has 1 heterocycles. The molecule has 184 valence electrons. The fourth-order valence-corrected chi connectivity index (χ4v) is 3.34. The Labute approximate surface area is 200 Å². The molecule has 9 N–H and O–H groups in total. The van der Waals surface area contributed by atoms with Crippen LogP contribution in [0.4, 0.5) is 0 Å². The molecular formula is C21H28N6O6S. The Morgan fingerprint density at radius 3 is 2.41 bits per heavy atom. The number of fused-ring (bicyclic) bond motifs is 1. The van der Waals surface area contributed by atoms with Crippen LogP contribution in [0.5, 0.6) is 0 Å². The number of para-hydroxylation sites is 1. The van der Waals surface area contributed by atoms with E-state index in [1.807, 2.05) is 24.3 Å². The van der Waals surface area contributed by atoms with Gasteiger partial charge >= 0.3 is 5.97 Å². The molecule has 34 heavy (non-hydrogen) atoms. The number of aliphatic carboxylic acids is 1. The molecule has 13 heteroatoms. The van der Waals surface area contributed by atoms with Crippen molar-refractivity contribution in [2.45, 2.75) is 37.4 Å². The van der Waals surface area contributed by atoms with Crippen molar-refractivity contribution in [1.82, 2.24) is 20.9 Å². The Balaban J connectivity index is 1.97. The Bertz CT molecular complexity index is 1060. The van der Waals surface area contributed by atoms with Crippen molar-refractivity contribution >= 4 is 53.1 Å². The molecule has 0 aliphatic rings. The summed E-state index contributed by atoms with van der Waals surface area (Å²) in [5.41, 5.74) is 12.2. The number of aromatic nitrogens is 1. The summed E-state index contributed by atoms with van der Waals surface area (Å²) in [5.74, 6) is -4.03. The van der Waals surface area contributed by atoms with E-state index in [-0.39, 0.29) is 25.0 Å². The summed E-state index contributed by atoms with van der Waals surface area (Å²) in [5, 5.41) is 17.5. The predicted octanol–water partition coefficient (Wildman–Crippen LogP) is -1.60. The number of nitrogens with two attached hydrogens (primary N) is 2. The number of carbonyl (C=O) groups excluding carboxylic acids is 4. The number of amides is 4. The van der Waals surface area contributed by atoms with Crippen LogP contribution in [0, 0.1) is 0 Å². The van der Waals surface area contributed by atoms with E-state index in [1.165, 1.54) is 0 Å². The molecule has 1 aromatic heterocycles. The summed E-state index contributed by atoms with van der Waals surface area (Å²) in [6.07, 6.45) is 1.41. The van der Waals surface area contributed by atoms with Crippen LogP contribution in [0.3, 0.4) is 0 Å². The first-order valence-electron chi connectivity index (χ1n) is 10.4. The summed E-state index contributed by atoms with van der Waals surface area (Å²) >= 11 is 3.92. The van der Waals surface area contributed by atoms with Crippen molar-refractivity contribution in [3.63, 3.8) is 0 Å². The smallest absolute Gasteiger partial charge is 0.326 e. The van der Waals surface area contributed by atoms with Crippen molar-refractivity contribution in [2.75, 3.05) is 12.3 Å². The maximum Gasteiger partial charge on any atom is 0.326 e. The van der Waals surface area contributed by atoms with Crippen LogP contribution >= 0.6 is 12.6 Å². The lowest BCUT2D eigenvalue weighted by Gasteiger charge is -2.20. The molecule has 0 aliphatic heterocycles. The standard InChI is InChI=1S/C21H28N6O6S/c22-13(10-34)19(30)27-15(5-6-17(23)28)20(31)25-9-18(29)26-16(21(32)33)7-11-8-24-14-4-2-1-3-12(11)14/h1-4,8,13,15-16,24,34H,5-7,9-10,22H2,(H2,23,28)(H,25,31)(H,26,29)(H,27,30)(H,32,33). The second kappa shape index (κ2) is 12.6. The topological polar surface area (TPSA) is 209 Å². The quantitative estimate of drug-likeness (QED) is 0.153. The lowest BCUT2D eigenvalue weighted by Crippen LogP contribution is -2.54. The molecule has 0 saturated heterocycles. The van der Waals surface area contributed by atoms with E-state index in [2.05, 4.69) is 33.6 Å². The van der Waals surface area contributed by atoms with E-state index in [4.69, 9.17) is 11.5 Å². The average Bonchev–Trinajstić information content (AvgIpc) is 3.21. The number of H-pyrrole nitrogens is 1. The van der Waals surface area contributed by atoms with E-state index >= 15 is 0 Å². The minimum Gasteiger partial charge on any atom is -0.480 e. The van der Waals surface area contributed by atoms with Gasteiger partial charge in [0, 0.05) is 35.7 Å². The molecule has 2 rings (SSSR count). The largest absolute Gasteiger partial charge is 0.480 e. The van der Waals surface area contributed by atoms with Gasteiger partial charge in [-0.15, -0.1) is 0 Å². The van der Waals surface area contributed by atoms with Gasteiger partial charge < -0.3 is 37.5 Å². The number of hydrogen-bond donors (Lipinski definition) is 8. The minimum absolute atomic E-state index is 0.0257. The number of hydrogen-bond acceptors (Lipinski definition) is 7. The molecule has 0 saturated carbocycles. The fraction of sp³-hybridized carbons (Fsp3) is 0.381. The molecule has 0 fully saturated rings. The van der Waals surface area contributed by atoms with Gasteiger partial charge in [0.25, 0.3) is 0 Å². The van der Waals surface area contributed by atoms with Gasteiger partial charge in [0.2, 0.25) is 23.6 Å². The lowest BCUT2D eigenvalue weighted by molar-refractivity contribution is -0.141. The third kappa shape index (κ3) is 7.78. The van der Waals surface area contributed by atoms with Crippen molar-refractivity contribution in [3.05, 3.63) is 36.0 Å². The summed E-state index contributed by atoms with van der Waals surface area (Å²) in [7, 11) is 0. The number of aromatic amines is 1. The van der Waals surface area contributed by atoms with Gasteiger partial charge in [0.1, 0.15) is 12.1 Å². The molecule has 1 aromatic carbocycles. The van der Waals surface area contributed by atoms with Crippen molar-refractivity contribution < 1.29 is 29.1 Å². The molecule has 4 amide bonds. The lowest BCUT2D eigenvalue weighted by atomic mass is 10.0. The van der Waals surface area contributed by atoms with Crippen molar-refractivity contribution in [2.24, 2.45) is 11.5 Å². The van der Waals surface area contributed by atoms with Crippen LogP contribution in [0.15, 0.2) is 30.5 Å². The Morgan fingerprint density at radius 1 is 1.06 bits per heavy atom. The first-order chi connectivity index (χ1) is 16.1. The van der Waals surface area contributed by atoms with Gasteiger partial charge in [0.05, 0.1) is 12.6 Å². The Morgan fingerprint density at radius 2 is 1.76 bits per heavy atom. The number of carbonyl (C=O) groups is 5. The number of benzene rings is 1. The second-order valence-corrected chi connectivity index (χ2v) is 7.96. The number of carboxylic acid groups (broad SMARTS) is 1. The maximum atomic E-state index is 12.5. The van der Waals surface area contributed by atoms with Gasteiger partial charge in [-0.05, 0) is 18.1 Å². The molecule has 3 unspecified atom stereocenters. The molecule has 0 bridgehead atoms. The highest BCUT2D eigenvalue weighted by molar-refractivity contribution is 7.80. The van der Waals surface area contributed by atoms with Gasteiger partial charge in [0.15, 0.2) is 0 Å². The van der Waals surface area contributed by atoms with E-state index in [9.17, 15) is 29.1 Å². The van der Waals surface area contributed by atoms with Crippen molar-refractivity contribution in [1.29, 1.82) is 0 Å². The molecular weight excluding hydrogens is 464 g/mol. The van der Waals surface area contributed by atoms with Gasteiger partial charge in [-0.25, -0.2) is 4.79 Å². The first kappa shape index (κ1) is 26.7. The van der Waals surface area contributed by atoms with Crippen LogP contribution in [0.25, 0.3) is 10.9 Å². The second-order valence-electron chi connectivity index (χ2n) is 7.59. The van der Waals surface area contributed by atoms with Gasteiger partial charge in [-0.3, -0.25) is 19.2 Å². The number of rotatable bonds is 13. The minimum atomic E-state index is -1.24. The zero-order valence-corrected chi connectivity index (χ0v) is 19.1. The van der Waals surface area contributed by atoms with Crippen LogP contribution < -0.4 is 27.4 Å². The molecule has 0 spiro atoms. The van der Waals surface area contributed by atoms with Gasteiger partial charge in [-0.2, -0.15) is 12.6 Å². The highest BCUT2D eigenvalue weighted by Gasteiger charge is 2.26. The summed E-state index contributed by atoms with van der Waals surface area (Å²) < 4.78 is 0.